The van der Waals surface area contributed by atoms with Crippen molar-refractivity contribution in [3.8, 4) is 0 Å². The van der Waals surface area contributed by atoms with Crippen molar-refractivity contribution < 1.29 is 8.42 Å². The summed E-state index contributed by atoms with van der Waals surface area (Å²) in [6, 6.07) is 9.02. The largest absolute Gasteiger partial charge is 0.308 e. The van der Waals surface area contributed by atoms with Crippen LogP contribution in [0.15, 0.2) is 63.3 Å². The number of hydrogen-bond acceptors (Lipinski definition) is 5. The summed E-state index contributed by atoms with van der Waals surface area (Å²) in [5.41, 5.74) is 0.199. The molecular formula is C18H20N4O4S. The van der Waals surface area contributed by atoms with Gasteiger partial charge in [0, 0.05) is 37.6 Å². The molecule has 0 N–H and O–H groups in total. The van der Waals surface area contributed by atoms with Crippen molar-refractivity contribution in [1.82, 2.24) is 18.3 Å². The molecule has 0 unspecified atom stereocenters. The predicted molar refractivity (Wildman–Crippen MR) is 101 cm³/mol. The Morgan fingerprint density at radius 3 is 2.48 bits per heavy atom. The van der Waals surface area contributed by atoms with Gasteiger partial charge in [-0.15, -0.1) is 0 Å². The van der Waals surface area contributed by atoms with Gasteiger partial charge in [0.2, 0.25) is 10.0 Å². The van der Waals surface area contributed by atoms with Gasteiger partial charge in [0.05, 0.1) is 17.1 Å². The summed E-state index contributed by atoms with van der Waals surface area (Å²) < 4.78 is 29.3. The van der Waals surface area contributed by atoms with Gasteiger partial charge in [0.25, 0.3) is 11.1 Å². The lowest BCUT2D eigenvalue weighted by Crippen LogP contribution is -2.32. The predicted octanol–water partition coefficient (Wildman–Crippen LogP) is 0.935. The van der Waals surface area contributed by atoms with Gasteiger partial charge in [-0.2, -0.15) is 4.31 Å². The molecule has 142 valence electrons. The van der Waals surface area contributed by atoms with Crippen LogP contribution in [0.25, 0.3) is 5.65 Å². The fraction of sp³-hybridized carbons (Fsp3) is 0.278. The Kier molecular flexibility index (Phi) is 5.24. The van der Waals surface area contributed by atoms with Gasteiger partial charge in [-0.25, -0.2) is 13.4 Å². The molecule has 0 amide bonds. The van der Waals surface area contributed by atoms with Crippen LogP contribution in [-0.2, 0) is 16.6 Å². The van der Waals surface area contributed by atoms with Crippen LogP contribution in [0.5, 0.6) is 0 Å². The number of nitrogens with zero attached hydrogens (tertiary/aromatic N) is 4. The van der Waals surface area contributed by atoms with Crippen molar-refractivity contribution in [2.24, 2.45) is 0 Å². The number of sulfonamides is 1. The molecule has 3 rings (SSSR count). The summed E-state index contributed by atoms with van der Waals surface area (Å²) in [5, 5.41) is 0. The van der Waals surface area contributed by atoms with Crippen LogP contribution in [0.3, 0.4) is 0 Å². The van der Waals surface area contributed by atoms with E-state index in [2.05, 4.69) is 4.98 Å². The van der Waals surface area contributed by atoms with Crippen molar-refractivity contribution in [2.45, 2.75) is 25.3 Å². The smallest absolute Gasteiger partial charge is 0.258 e. The molecule has 0 aromatic carbocycles. The minimum absolute atomic E-state index is 0.00107. The third-order valence-corrected chi connectivity index (χ3v) is 6.29. The van der Waals surface area contributed by atoms with Crippen LogP contribution in [-0.4, -0.2) is 39.8 Å². The number of hydrogen-bond donors (Lipinski definition) is 0. The fourth-order valence-corrected chi connectivity index (χ4v) is 4.34. The molecule has 0 saturated heterocycles. The van der Waals surface area contributed by atoms with Gasteiger partial charge in [0.1, 0.15) is 5.65 Å². The molecule has 3 aromatic heterocycles. The zero-order chi connectivity index (χ0) is 19.6. The first-order chi connectivity index (χ1) is 12.9. The van der Waals surface area contributed by atoms with E-state index >= 15 is 0 Å². The monoisotopic (exact) mass is 388 g/mol. The van der Waals surface area contributed by atoms with Crippen LogP contribution >= 0.6 is 0 Å². The Hall–Kier alpha value is -2.78. The maximum Gasteiger partial charge on any atom is 0.258 e. The summed E-state index contributed by atoms with van der Waals surface area (Å²) in [5.74, 6) is 0. The SMILES string of the molecule is CCN(CC)S(=O)(=O)c1ccc(=O)n(Cc2cc(=O)n3ccccc3n2)c1. The molecule has 0 saturated carbocycles. The Morgan fingerprint density at radius 1 is 1.04 bits per heavy atom. The molecule has 3 heterocycles. The zero-order valence-electron chi connectivity index (χ0n) is 15.1. The minimum Gasteiger partial charge on any atom is -0.308 e. The molecule has 27 heavy (non-hydrogen) atoms. The highest BCUT2D eigenvalue weighted by Gasteiger charge is 2.22. The van der Waals surface area contributed by atoms with Crippen molar-refractivity contribution >= 4 is 15.7 Å². The second-order valence-electron chi connectivity index (χ2n) is 5.93. The van der Waals surface area contributed by atoms with Gasteiger partial charge >= 0.3 is 0 Å². The molecule has 0 bridgehead atoms. The summed E-state index contributed by atoms with van der Waals surface area (Å²) in [6.45, 7) is 4.18. The van der Waals surface area contributed by atoms with Crippen molar-refractivity contribution in [2.75, 3.05) is 13.1 Å². The molecule has 0 aliphatic heterocycles. The van der Waals surface area contributed by atoms with Crippen LogP contribution < -0.4 is 11.1 Å². The summed E-state index contributed by atoms with van der Waals surface area (Å²) in [4.78, 5) is 28.8. The Morgan fingerprint density at radius 2 is 1.78 bits per heavy atom. The third kappa shape index (κ3) is 3.69. The second-order valence-corrected chi connectivity index (χ2v) is 7.87. The standard InChI is InChI=1S/C18H20N4O4S/c1-3-21(4-2)27(25,26)15-8-9-17(23)20(13-15)12-14-11-18(24)22-10-6-5-7-16(22)19-14/h5-11,13H,3-4,12H2,1-2H3. The molecule has 0 atom stereocenters. The Balaban J connectivity index is 2.04. The first kappa shape index (κ1) is 19.0. The third-order valence-electron chi connectivity index (χ3n) is 4.26. The van der Waals surface area contributed by atoms with Crippen LogP contribution in [0.1, 0.15) is 19.5 Å². The Labute approximate surface area is 156 Å². The molecule has 8 nitrogen and oxygen atoms in total. The van der Waals surface area contributed by atoms with Gasteiger partial charge in [-0.05, 0) is 18.2 Å². The van der Waals surface area contributed by atoms with Crippen LogP contribution in [0.4, 0.5) is 0 Å². The number of aromatic nitrogens is 3. The highest BCUT2D eigenvalue weighted by atomic mass is 32.2. The van der Waals surface area contributed by atoms with E-state index in [9.17, 15) is 18.0 Å². The topological polar surface area (TPSA) is 93.8 Å². The quantitative estimate of drug-likeness (QED) is 0.626. The highest BCUT2D eigenvalue weighted by molar-refractivity contribution is 7.89. The van der Waals surface area contributed by atoms with Gasteiger partial charge < -0.3 is 4.57 Å². The van der Waals surface area contributed by atoms with E-state index in [-0.39, 0.29) is 22.6 Å². The molecule has 0 aliphatic carbocycles. The first-order valence-electron chi connectivity index (χ1n) is 8.54. The average Bonchev–Trinajstić information content (AvgIpc) is 2.64. The van der Waals surface area contributed by atoms with E-state index in [1.54, 1.807) is 38.2 Å². The molecule has 3 aromatic rings. The van der Waals surface area contributed by atoms with Gasteiger partial charge in [-0.1, -0.05) is 19.9 Å². The van der Waals surface area contributed by atoms with Crippen molar-refractivity contribution in [1.29, 1.82) is 0 Å². The second kappa shape index (κ2) is 7.45. The van der Waals surface area contributed by atoms with E-state index < -0.39 is 10.0 Å². The summed E-state index contributed by atoms with van der Waals surface area (Å²) in [6.07, 6.45) is 2.91. The highest BCUT2D eigenvalue weighted by Crippen LogP contribution is 2.14. The van der Waals surface area contributed by atoms with Gasteiger partial charge in [-0.3, -0.25) is 14.0 Å². The van der Waals surface area contributed by atoms with E-state index in [1.807, 2.05) is 0 Å². The molecular weight excluding hydrogens is 368 g/mol. The molecule has 0 fully saturated rings. The average molecular weight is 388 g/mol. The molecule has 0 spiro atoms. The molecule has 0 aliphatic rings. The molecule has 9 heteroatoms. The normalized spacial score (nSPS) is 12.0. The number of rotatable bonds is 6. The lowest BCUT2D eigenvalue weighted by Gasteiger charge is -2.19. The first-order valence-corrected chi connectivity index (χ1v) is 9.98. The maximum absolute atomic E-state index is 12.7. The molecule has 0 radical (unpaired) electrons. The fourth-order valence-electron chi connectivity index (χ4n) is 2.86. The summed E-state index contributed by atoms with van der Waals surface area (Å²) in [7, 11) is -3.69. The van der Waals surface area contributed by atoms with Crippen LogP contribution in [0.2, 0.25) is 0 Å². The number of fused-ring (bicyclic) bond motifs is 1. The lowest BCUT2D eigenvalue weighted by atomic mass is 10.3. The van der Waals surface area contributed by atoms with Crippen molar-refractivity contribution in [3.63, 3.8) is 0 Å². The van der Waals surface area contributed by atoms with Crippen molar-refractivity contribution in [3.05, 3.63) is 75.2 Å². The zero-order valence-corrected chi connectivity index (χ0v) is 15.9. The van der Waals surface area contributed by atoms with E-state index in [0.29, 0.717) is 24.4 Å². The van der Waals surface area contributed by atoms with Crippen LogP contribution in [0, 0.1) is 0 Å². The van der Waals surface area contributed by atoms with E-state index in [1.165, 1.54) is 37.7 Å². The van der Waals surface area contributed by atoms with E-state index in [0.717, 1.165) is 0 Å². The van der Waals surface area contributed by atoms with Gasteiger partial charge in [0.15, 0.2) is 0 Å². The van der Waals surface area contributed by atoms with E-state index in [4.69, 9.17) is 0 Å². The Bertz CT molecular complexity index is 1190. The summed E-state index contributed by atoms with van der Waals surface area (Å²) >= 11 is 0. The maximum atomic E-state index is 12.7. The minimum atomic E-state index is -3.69. The lowest BCUT2D eigenvalue weighted by molar-refractivity contribution is 0.444. The number of pyridine rings is 2.